The van der Waals surface area contributed by atoms with Gasteiger partial charge >= 0.3 is 0 Å². The lowest BCUT2D eigenvalue weighted by atomic mass is 10.3. The summed E-state index contributed by atoms with van der Waals surface area (Å²) in [7, 11) is 0. The van der Waals surface area contributed by atoms with Gasteiger partial charge in [0.15, 0.2) is 0 Å². The number of aromatic nitrogens is 2. The van der Waals surface area contributed by atoms with Crippen molar-refractivity contribution >= 4 is 39.0 Å². The summed E-state index contributed by atoms with van der Waals surface area (Å²) < 4.78 is 26.8. The van der Waals surface area contributed by atoms with Crippen LogP contribution >= 0.6 is 27.5 Å². The average Bonchev–Trinajstić information content (AvgIpc) is 2.28. The molecule has 1 aromatic carbocycles. The molecule has 1 aromatic heterocycles. The number of benzene rings is 1. The zero-order chi connectivity index (χ0) is 12.4. The van der Waals surface area contributed by atoms with Crippen LogP contribution in [0.15, 0.2) is 28.9 Å². The van der Waals surface area contributed by atoms with Gasteiger partial charge < -0.3 is 5.32 Å². The van der Waals surface area contributed by atoms with Crippen molar-refractivity contribution in [2.75, 3.05) is 5.32 Å². The van der Waals surface area contributed by atoms with Crippen molar-refractivity contribution < 1.29 is 8.78 Å². The average molecular weight is 321 g/mol. The lowest BCUT2D eigenvalue weighted by Crippen LogP contribution is -1.99. The van der Waals surface area contributed by atoms with Crippen LogP contribution in [0, 0.1) is 11.6 Å². The summed E-state index contributed by atoms with van der Waals surface area (Å²) in [6, 6.07) is 3.08. The molecule has 7 heteroatoms. The minimum absolute atomic E-state index is 0.00695. The van der Waals surface area contributed by atoms with E-state index in [1.165, 1.54) is 6.20 Å². The van der Waals surface area contributed by atoms with Gasteiger partial charge in [-0.15, -0.1) is 0 Å². The van der Waals surface area contributed by atoms with Gasteiger partial charge in [-0.25, -0.2) is 13.8 Å². The van der Waals surface area contributed by atoms with Gasteiger partial charge in [0, 0.05) is 12.3 Å². The van der Waals surface area contributed by atoms with Crippen LogP contribution < -0.4 is 5.32 Å². The predicted octanol–water partition coefficient (Wildman–Crippen LogP) is 3.91. The van der Waals surface area contributed by atoms with Crippen LogP contribution in [0.1, 0.15) is 0 Å². The Labute approximate surface area is 109 Å². The van der Waals surface area contributed by atoms with Crippen molar-refractivity contribution in [3.8, 4) is 0 Å². The van der Waals surface area contributed by atoms with Crippen molar-refractivity contribution in [2.45, 2.75) is 0 Å². The van der Waals surface area contributed by atoms with Crippen LogP contribution in [0.5, 0.6) is 0 Å². The molecule has 2 aromatic rings. The zero-order valence-electron chi connectivity index (χ0n) is 8.22. The molecule has 0 atom stereocenters. The molecule has 0 bridgehead atoms. The van der Waals surface area contributed by atoms with E-state index in [1.54, 1.807) is 0 Å². The van der Waals surface area contributed by atoms with E-state index in [-0.39, 0.29) is 16.8 Å². The Morgan fingerprint density at radius 1 is 1.29 bits per heavy atom. The molecule has 0 unspecified atom stereocenters. The van der Waals surface area contributed by atoms with Crippen molar-refractivity contribution in [3.05, 3.63) is 45.8 Å². The van der Waals surface area contributed by atoms with Crippen LogP contribution in [-0.4, -0.2) is 9.97 Å². The van der Waals surface area contributed by atoms with Crippen molar-refractivity contribution in [1.82, 2.24) is 9.97 Å². The third-order valence-electron chi connectivity index (χ3n) is 1.90. The van der Waals surface area contributed by atoms with E-state index in [9.17, 15) is 8.78 Å². The molecule has 0 aliphatic rings. The molecule has 2 rings (SSSR count). The summed E-state index contributed by atoms with van der Waals surface area (Å²) in [5.41, 5.74) is -0.0273. The highest BCUT2D eigenvalue weighted by Crippen LogP contribution is 2.26. The fraction of sp³-hybridized carbons (Fsp3) is 0. The number of nitrogens with zero attached hydrogens (tertiary/aromatic N) is 2. The Morgan fingerprint density at radius 2 is 2.06 bits per heavy atom. The molecule has 0 saturated carbocycles. The minimum atomic E-state index is -0.590. The van der Waals surface area contributed by atoms with Crippen LogP contribution in [0.25, 0.3) is 0 Å². The normalized spacial score (nSPS) is 10.4. The highest BCUT2D eigenvalue weighted by atomic mass is 79.9. The van der Waals surface area contributed by atoms with E-state index in [0.717, 1.165) is 18.2 Å². The number of rotatable bonds is 2. The third kappa shape index (κ3) is 2.89. The Hall–Kier alpha value is -1.27. The zero-order valence-corrected chi connectivity index (χ0v) is 10.6. The van der Waals surface area contributed by atoms with E-state index in [4.69, 9.17) is 11.6 Å². The van der Waals surface area contributed by atoms with Crippen LogP contribution in [-0.2, 0) is 0 Å². The first-order valence-corrected chi connectivity index (χ1v) is 5.63. The number of halogens is 4. The fourth-order valence-corrected chi connectivity index (χ4v) is 1.58. The molecule has 17 heavy (non-hydrogen) atoms. The second kappa shape index (κ2) is 4.93. The van der Waals surface area contributed by atoms with Gasteiger partial charge in [-0.3, -0.25) is 0 Å². The fourth-order valence-electron chi connectivity index (χ4n) is 1.15. The molecule has 0 fully saturated rings. The number of anilines is 2. The second-order valence-electron chi connectivity index (χ2n) is 3.08. The maximum Gasteiger partial charge on any atom is 0.224 e. The van der Waals surface area contributed by atoms with E-state index in [0.29, 0.717) is 4.47 Å². The summed E-state index contributed by atoms with van der Waals surface area (Å²) >= 11 is 8.77. The molecule has 0 aliphatic carbocycles. The molecule has 88 valence electrons. The van der Waals surface area contributed by atoms with Crippen LogP contribution in [0.4, 0.5) is 20.3 Å². The molecular formula is C10H5BrClF2N3. The Balaban J connectivity index is 2.37. The number of hydrogen-bond acceptors (Lipinski definition) is 3. The molecule has 0 radical (unpaired) electrons. The first kappa shape index (κ1) is 12.2. The van der Waals surface area contributed by atoms with Gasteiger partial charge in [-0.1, -0.05) is 0 Å². The summed E-state index contributed by atoms with van der Waals surface area (Å²) in [4.78, 5) is 7.57. The highest BCUT2D eigenvalue weighted by molar-refractivity contribution is 9.10. The molecule has 0 amide bonds. The molecule has 1 heterocycles. The first-order chi connectivity index (χ1) is 8.06. The summed E-state index contributed by atoms with van der Waals surface area (Å²) in [5, 5.41) is 2.63. The van der Waals surface area contributed by atoms with Crippen LogP contribution in [0.2, 0.25) is 5.28 Å². The van der Waals surface area contributed by atoms with Crippen molar-refractivity contribution in [1.29, 1.82) is 0 Å². The SMILES string of the molecule is Fc1ccc(F)c(Nc2nc(Cl)ncc2Br)c1. The topological polar surface area (TPSA) is 37.8 Å². The van der Waals surface area contributed by atoms with Crippen LogP contribution in [0.3, 0.4) is 0 Å². The van der Waals surface area contributed by atoms with Crippen molar-refractivity contribution in [3.63, 3.8) is 0 Å². The lowest BCUT2D eigenvalue weighted by molar-refractivity contribution is 0.603. The lowest BCUT2D eigenvalue weighted by Gasteiger charge is -2.08. The first-order valence-electron chi connectivity index (χ1n) is 4.46. The Morgan fingerprint density at radius 3 is 2.82 bits per heavy atom. The van der Waals surface area contributed by atoms with E-state index in [2.05, 4.69) is 31.2 Å². The molecule has 0 aliphatic heterocycles. The Kier molecular flexibility index (Phi) is 3.54. The molecule has 0 saturated heterocycles. The molecule has 1 N–H and O–H groups in total. The van der Waals surface area contributed by atoms with Gasteiger partial charge in [-0.05, 0) is 39.7 Å². The Bertz CT molecular complexity index is 516. The molecule has 0 spiro atoms. The van der Waals surface area contributed by atoms with E-state index < -0.39 is 11.6 Å². The van der Waals surface area contributed by atoms with Gasteiger partial charge in [0.05, 0.1) is 10.2 Å². The second-order valence-corrected chi connectivity index (χ2v) is 4.28. The largest absolute Gasteiger partial charge is 0.337 e. The molecule has 3 nitrogen and oxygen atoms in total. The predicted molar refractivity (Wildman–Crippen MR) is 64.4 cm³/mol. The summed E-state index contributed by atoms with van der Waals surface area (Å²) in [6.45, 7) is 0. The van der Waals surface area contributed by atoms with Gasteiger partial charge in [-0.2, -0.15) is 4.98 Å². The van der Waals surface area contributed by atoms with E-state index >= 15 is 0 Å². The maximum absolute atomic E-state index is 13.4. The number of nitrogens with one attached hydrogen (secondary N) is 1. The van der Waals surface area contributed by atoms with Gasteiger partial charge in [0.1, 0.15) is 17.5 Å². The minimum Gasteiger partial charge on any atom is -0.337 e. The van der Waals surface area contributed by atoms with Gasteiger partial charge in [0.2, 0.25) is 5.28 Å². The molecular weight excluding hydrogens is 315 g/mol. The maximum atomic E-state index is 13.4. The monoisotopic (exact) mass is 319 g/mol. The van der Waals surface area contributed by atoms with Gasteiger partial charge in [0.25, 0.3) is 0 Å². The summed E-state index contributed by atoms with van der Waals surface area (Å²) in [5.74, 6) is -0.882. The smallest absolute Gasteiger partial charge is 0.224 e. The third-order valence-corrected chi connectivity index (χ3v) is 2.66. The summed E-state index contributed by atoms with van der Waals surface area (Å²) in [6.07, 6.45) is 1.41. The van der Waals surface area contributed by atoms with E-state index in [1.807, 2.05) is 0 Å². The standard InChI is InChI=1S/C10H5BrClF2N3/c11-6-4-15-10(12)17-9(6)16-8-3-5(13)1-2-7(8)14/h1-4H,(H,15,16,17). The van der Waals surface area contributed by atoms with Crippen molar-refractivity contribution in [2.24, 2.45) is 0 Å². The number of hydrogen-bond donors (Lipinski definition) is 1. The highest BCUT2D eigenvalue weighted by Gasteiger charge is 2.08. The quantitative estimate of drug-likeness (QED) is 0.852.